The summed E-state index contributed by atoms with van der Waals surface area (Å²) >= 11 is 0. The molecule has 0 aromatic rings. The lowest BCUT2D eigenvalue weighted by atomic mass is 16.0. The highest BCUT2D eigenvalue weighted by Crippen LogP contribution is 0.862. The van der Waals surface area contributed by atoms with E-state index in [2.05, 4.69) is 0 Å². The van der Waals surface area contributed by atoms with Crippen molar-refractivity contribution >= 4 is 19.8 Å². The molecular formula is H10O2P2. The van der Waals surface area contributed by atoms with Crippen molar-refractivity contribution in [2.75, 3.05) is 0 Å². The Bertz CT molecular complexity index is 4.00. The largest absolute Gasteiger partial charge is 0.870 e. The molecule has 4 heavy (non-hydrogen) atoms. The van der Waals surface area contributed by atoms with Crippen molar-refractivity contribution in [2.24, 2.45) is 0 Å². The first kappa shape index (κ1) is 112. The van der Waals surface area contributed by atoms with E-state index in [4.69, 9.17) is 0 Å². The predicted octanol–water partition coefficient (Wildman–Crippen LogP) is -0.773. The van der Waals surface area contributed by atoms with E-state index in [1.54, 1.807) is 0 Å². The first-order chi connectivity index (χ1) is 0. The van der Waals surface area contributed by atoms with Crippen LogP contribution in [0.25, 0.3) is 0 Å². The maximum Gasteiger partial charge on any atom is -0.0395 e. The third-order valence-electron chi connectivity index (χ3n) is 0. The van der Waals surface area contributed by atoms with Gasteiger partial charge in [-0.2, -0.15) is 0 Å². The smallest absolute Gasteiger partial charge is 0.0395 e. The van der Waals surface area contributed by atoms with Gasteiger partial charge in [0.25, 0.3) is 0 Å². The van der Waals surface area contributed by atoms with Crippen LogP contribution in [0.4, 0.5) is 0 Å². The van der Waals surface area contributed by atoms with Gasteiger partial charge in [0.05, 0.1) is 0 Å². The van der Waals surface area contributed by atoms with Crippen LogP contribution in [0.1, 0.15) is 0 Å². The molecular weight excluding hydrogens is 93.9 g/mol. The highest BCUT2D eigenvalue weighted by Gasteiger charge is -0.0385. The molecule has 0 radical (unpaired) electrons. The molecule has 32 valence electrons. The lowest BCUT2D eigenvalue weighted by molar-refractivity contribution is 0.823. The molecule has 2 unspecified atom stereocenters. The van der Waals surface area contributed by atoms with Crippen LogP contribution >= 0.6 is 19.8 Å². The van der Waals surface area contributed by atoms with Gasteiger partial charge in [0.1, 0.15) is 0 Å². The van der Waals surface area contributed by atoms with E-state index in [1.165, 1.54) is 0 Å². The van der Waals surface area contributed by atoms with E-state index in [1.807, 2.05) is 0 Å². The minimum atomic E-state index is 0. The summed E-state index contributed by atoms with van der Waals surface area (Å²) in [6.45, 7) is 0. The monoisotopic (exact) mass is 104 g/mol. The molecule has 0 aliphatic rings. The first-order valence-electron chi connectivity index (χ1n) is 0. The summed E-state index contributed by atoms with van der Waals surface area (Å²) in [5.41, 5.74) is 0. The van der Waals surface area contributed by atoms with Crippen LogP contribution in [0.2, 0.25) is 0 Å². The standard InChI is InChI=1S/2H2O.2H3P/h2*1H2;2*1H3. The summed E-state index contributed by atoms with van der Waals surface area (Å²) in [4.78, 5) is 0. The molecule has 0 aliphatic heterocycles. The maximum atomic E-state index is 0. The molecule has 0 rings (SSSR count). The van der Waals surface area contributed by atoms with Crippen molar-refractivity contribution < 1.29 is 11.0 Å². The summed E-state index contributed by atoms with van der Waals surface area (Å²) in [5, 5.41) is 0. The summed E-state index contributed by atoms with van der Waals surface area (Å²) in [6.07, 6.45) is 0. The number of hydrogen-bond acceptors (Lipinski definition) is 2. The van der Waals surface area contributed by atoms with E-state index < -0.39 is 0 Å². The van der Waals surface area contributed by atoms with Gasteiger partial charge < -0.3 is 11.0 Å². The molecule has 2 N–H and O–H groups in total. The molecule has 0 heterocycles. The van der Waals surface area contributed by atoms with Crippen LogP contribution in [-0.2, 0) is 0 Å². The second-order valence-electron chi connectivity index (χ2n) is 0. The summed E-state index contributed by atoms with van der Waals surface area (Å²) in [6, 6.07) is 0. The van der Waals surface area contributed by atoms with Crippen LogP contribution in [0.15, 0.2) is 0 Å². The van der Waals surface area contributed by atoms with E-state index in [0.717, 1.165) is 0 Å². The van der Waals surface area contributed by atoms with Crippen LogP contribution in [-0.4, -0.2) is 11.0 Å². The zero-order chi connectivity index (χ0) is 0. The van der Waals surface area contributed by atoms with Gasteiger partial charge in [0, 0.05) is 0 Å². The maximum absolute atomic E-state index is 0. The quantitative estimate of drug-likeness (QED) is 0.379. The molecule has 0 saturated heterocycles. The van der Waals surface area contributed by atoms with Crippen LogP contribution in [0.5, 0.6) is 0 Å². The first-order valence-corrected chi connectivity index (χ1v) is 0. The number of rotatable bonds is 0. The topological polar surface area (TPSA) is 60.0 Å². The minimum Gasteiger partial charge on any atom is -0.870 e. The third kappa shape index (κ3) is 14.5. The Labute approximate surface area is 31.8 Å². The Balaban J connectivity index is 0. The lowest BCUT2D eigenvalue weighted by Crippen LogP contribution is -0.290. The van der Waals surface area contributed by atoms with Gasteiger partial charge in [-0.15, -0.1) is 0 Å². The molecule has 0 fully saturated rings. The van der Waals surface area contributed by atoms with Crippen molar-refractivity contribution in [3.8, 4) is 0 Å². The minimum absolute atomic E-state index is 0. The SMILES string of the molecule is [OH-].[OH-].[PH4+].[PH4+]. The number of hydrogen-bond donors (Lipinski definition) is 0. The fourth-order valence-electron chi connectivity index (χ4n) is 0. The fourth-order valence-corrected chi connectivity index (χ4v) is 0. The van der Waals surface area contributed by atoms with Crippen LogP contribution in [0, 0.1) is 0 Å². The average Bonchev–Trinajstić information content (AvgIpc) is 0. The second-order valence-corrected chi connectivity index (χ2v) is 0. The Morgan fingerprint density at radius 2 is 0.500 bits per heavy atom. The van der Waals surface area contributed by atoms with Crippen molar-refractivity contribution in [3.05, 3.63) is 0 Å². The summed E-state index contributed by atoms with van der Waals surface area (Å²) in [7, 11) is 0. The van der Waals surface area contributed by atoms with Gasteiger partial charge in [-0.25, -0.2) is 0 Å². The molecule has 0 aromatic heterocycles. The van der Waals surface area contributed by atoms with E-state index >= 15 is 0 Å². The highest BCUT2D eigenvalue weighted by molar-refractivity contribution is 6.92. The molecule has 0 aliphatic carbocycles. The Morgan fingerprint density at radius 3 is 0.500 bits per heavy atom. The molecule has 0 aromatic carbocycles. The van der Waals surface area contributed by atoms with Gasteiger partial charge >= 0.3 is 0 Å². The second kappa shape index (κ2) is 48.0. The van der Waals surface area contributed by atoms with Crippen molar-refractivity contribution in [3.63, 3.8) is 0 Å². The van der Waals surface area contributed by atoms with Gasteiger partial charge in [0.2, 0.25) is 0 Å². The van der Waals surface area contributed by atoms with Crippen LogP contribution in [0.3, 0.4) is 0 Å². The lowest BCUT2D eigenvalue weighted by Gasteiger charge is -0.871. The van der Waals surface area contributed by atoms with Crippen molar-refractivity contribution in [1.29, 1.82) is 0 Å². The van der Waals surface area contributed by atoms with E-state index in [9.17, 15) is 0 Å². The van der Waals surface area contributed by atoms with Crippen LogP contribution < -0.4 is 0 Å². The normalized spacial score (nSPS) is 0. The Morgan fingerprint density at radius 1 is 0.500 bits per heavy atom. The predicted molar refractivity (Wildman–Crippen MR) is 28.9 cm³/mol. The fraction of sp³-hybridized carbons (Fsp3) is 0. The molecule has 0 bridgehead atoms. The Hall–Kier alpha value is 0.780. The van der Waals surface area contributed by atoms with Crippen molar-refractivity contribution in [1.82, 2.24) is 0 Å². The summed E-state index contributed by atoms with van der Waals surface area (Å²) in [5.74, 6) is 0. The van der Waals surface area contributed by atoms with E-state index in [-0.39, 0.29) is 30.8 Å². The average molecular weight is 104 g/mol. The molecule has 0 spiro atoms. The van der Waals surface area contributed by atoms with Gasteiger partial charge in [-0.05, 0) is 19.8 Å². The molecule has 0 amide bonds. The zero-order valence-corrected chi connectivity index (χ0v) is 6.89. The third-order valence-corrected chi connectivity index (χ3v) is 0. The highest BCUT2D eigenvalue weighted by atomic mass is 31.0. The van der Waals surface area contributed by atoms with Crippen molar-refractivity contribution in [2.45, 2.75) is 0 Å². The van der Waals surface area contributed by atoms with Gasteiger partial charge in [-0.1, -0.05) is 0 Å². The molecule has 0 saturated carbocycles. The zero-order valence-electron chi connectivity index (χ0n) is 2.89. The summed E-state index contributed by atoms with van der Waals surface area (Å²) < 4.78 is 0. The molecule has 4 heteroatoms. The molecule has 2 atom stereocenters. The Kier molecular flexibility index (Phi) is 1350. The van der Waals surface area contributed by atoms with Gasteiger partial charge in [0.15, 0.2) is 0 Å². The molecule has 2 nitrogen and oxygen atoms in total. The van der Waals surface area contributed by atoms with E-state index in [0.29, 0.717) is 0 Å². The van der Waals surface area contributed by atoms with Gasteiger partial charge in [-0.3, -0.25) is 0 Å².